The first-order valence-corrected chi connectivity index (χ1v) is 8.29. The first-order valence-electron chi connectivity index (χ1n) is 8.29. The van der Waals surface area contributed by atoms with Crippen molar-refractivity contribution in [1.29, 1.82) is 0 Å². The van der Waals surface area contributed by atoms with E-state index in [-0.39, 0.29) is 5.91 Å². The van der Waals surface area contributed by atoms with Crippen LogP contribution in [0.25, 0.3) is 16.9 Å². The summed E-state index contributed by atoms with van der Waals surface area (Å²) in [5.74, 6) is 0.467. The van der Waals surface area contributed by atoms with Gasteiger partial charge in [-0.15, -0.1) is 0 Å². The summed E-state index contributed by atoms with van der Waals surface area (Å²) >= 11 is 0. The zero-order valence-corrected chi connectivity index (χ0v) is 13.4. The molecule has 2 heterocycles. The Labute approximate surface area is 140 Å². The molecule has 24 heavy (non-hydrogen) atoms. The smallest absolute Gasteiger partial charge is 0.224 e. The summed E-state index contributed by atoms with van der Waals surface area (Å²) in [6, 6.07) is 13.8. The molecule has 0 aliphatic heterocycles. The summed E-state index contributed by atoms with van der Waals surface area (Å²) in [4.78, 5) is 16.7. The van der Waals surface area contributed by atoms with Crippen molar-refractivity contribution in [1.82, 2.24) is 9.38 Å². The average molecular weight is 317 g/mol. The molecule has 120 valence electrons. The first kappa shape index (κ1) is 14.7. The summed E-state index contributed by atoms with van der Waals surface area (Å²) in [5.41, 5.74) is 3.72. The zero-order chi connectivity index (χ0) is 16.4. The molecule has 0 saturated heterocycles. The van der Waals surface area contributed by atoms with Gasteiger partial charge < -0.3 is 9.72 Å². The summed E-state index contributed by atoms with van der Waals surface area (Å²) < 4.78 is 2.00. The lowest BCUT2D eigenvalue weighted by Crippen LogP contribution is -2.14. The number of carbonyl (C=O) groups is 1. The standard InChI is InChI=1S/C20H19N3O/c24-20(13-15-5-1-2-6-15)21-17-10-8-16(9-11-17)18-14-23-12-4-3-7-19(23)22-18/h1,3-5,7-12,14-15H,2,6,13H2,(H,21,24). The highest BCUT2D eigenvalue weighted by Gasteiger charge is 2.14. The van der Waals surface area contributed by atoms with Crippen molar-refractivity contribution in [2.24, 2.45) is 5.92 Å². The lowest BCUT2D eigenvalue weighted by atomic mass is 10.0. The number of amides is 1. The summed E-state index contributed by atoms with van der Waals surface area (Å²) in [6.45, 7) is 0. The molecule has 4 heteroatoms. The van der Waals surface area contributed by atoms with Crippen LogP contribution >= 0.6 is 0 Å². The second kappa shape index (κ2) is 6.32. The molecule has 3 aromatic rings. The fourth-order valence-corrected chi connectivity index (χ4v) is 3.11. The summed E-state index contributed by atoms with van der Waals surface area (Å²) in [6.07, 6.45) is 11.0. The Morgan fingerprint density at radius 2 is 2.08 bits per heavy atom. The van der Waals surface area contributed by atoms with Gasteiger partial charge in [0.25, 0.3) is 0 Å². The van der Waals surface area contributed by atoms with E-state index in [1.54, 1.807) is 0 Å². The van der Waals surface area contributed by atoms with Gasteiger partial charge in [-0.2, -0.15) is 0 Å². The Morgan fingerprint density at radius 3 is 2.83 bits per heavy atom. The van der Waals surface area contributed by atoms with Crippen molar-refractivity contribution >= 4 is 17.2 Å². The largest absolute Gasteiger partial charge is 0.326 e. The summed E-state index contributed by atoms with van der Waals surface area (Å²) in [5, 5.41) is 2.98. The van der Waals surface area contributed by atoms with Gasteiger partial charge in [-0.1, -0.05) is 30.4 Å². The molecule has 1 atom stereocenters. The fraction of sp³-hybridized carbons (Fsp3) is 0.200. The quantitative estimate of drug-likeness (QED) is 0.729. The van der Waals surface area contributed by atoms with E-state index in [1.807, 2.05) is 59.3 Å². The number of rotatable bonds is 4. The number of anilines is 1. The maximum Gasteiger partial charge on any atom is 0.224 e. The minimum Gasteiger partial charge on any atom is -0.326 e. The molecule has 1 aromatic carbocycles. The molecule has 0 bridgehead atoms. The molecule has 0 saturated carbocycles. The van der Waals surface area contributed by atoms with Crippen molar-refractivity contribution in [3.63, 3.8) is 0 Å². The number of benzene rings is 1. The van der Waals surface area contributed by atoms with E-state index in [0.29, 0.717) is 12.3 Å². The molecular weight excluding hydrogens is 298 g/mol. The van der Waals surface area contributed by atoms with Gasteiger partial charge in [0, 0.05) is 30.1 Å². The van der Waals surface area contributed by atoms with Gasteiger partial charge in [-0.05, 0) is 43.0 Å². The predicted molar refractivity (Wildman–Crippen MR) is 95.7 cm³/mol. The Bertz CT molecular complexity index is 860. The second-order valence-corrected chi connectivity index (χ2v) is 6.19. The van der Waals surface area contributed by atoms with Crippen molar-refractivity contribution in [2.75, 3.05) is 5.32 Å². The van der Waals surface area contributed by atoms with Gasteiger partial charge in [0.2, 0.25) is 5.91 Å². The molecule has 0 spiro atoms. The topological polar surface area (TPSA) is 46.4 Å². The number of pyridine rings is 1. The number of hydrogen-bond acceptors (Lipinski definition) is 2. The van der Waals surface area contributed by atoms with Crippen LogP contribution in [0.3, 0.4) is 0 Å². The molecule has 1 N–H and O–H groups in total. The lowest BCUT2D eigenvalue weighted by Gasteiger charge is -2.09. The van der Waals surface area contributed by atoms with Crippen molar-refractivity contribution in [2.45, 2.75) is 19.3 Å². The van der Waals surface area contributed by atoms with E-state index in [1.165, 1.54) is 0 Å². The molecule has 4 nitrogen and oxygen atoms in total. The van der Waals surface area contributed by atoms with Gasteiger partial charge in [0.05, 0.1) is 5.69 Å². The maximum absolute atomic E-state index is 12.1. The molecule has 1 aliphatic rings. The Balaban J connectivity index is 1.46. The summed E-state index contributed by atoms with van der Waals surface area (Å²) in [7, 11) is 0. The minimum absolute atomic E-state index is 0.0760. The van der Waals surface area contributed by atoms with Gasteiger partial charge in [-0.25, -0.2) is 4.98 Å². The van der Waals surface area contributed by atoms with Crippen LogP contribution in [-0.4, -0.2) is 15.3 Å². The van der Waals surface area contributed by atoms with Crippen LogP contribution in [0, 0.1) is 5.92 Å². The highest BCUT2D eigenvalue weighted by atomic mass is 16.1. The van der Waals surface area contributed by atoms with Gasteiger partial charge in [0.15, 0.2) is 0 Å². The fourth-order valence-electron chi connectivity index (χ4n) is 3.11. The maximum atomic E-state index is 12.1. The van der Waals surface area contributed by atoms with Crippen LogP contribution in [0.2, 0.25) is 0 Å². The van der Waals surface area contributed by atoms with Crippen LogP contribution in [0.5, 0.6) is 0 Å². The third kappa shape index (κ3) is 3.08. The predicted octanol–water partition coefficient (Wildman–Crippen LogP) is 4.30. The SMILES string of the molecule is O=C(CC1C=CCC1)Nc1ccc(-c2cn3ccccc3n2)cc1. The molecular formula is C20H19N3O. The number of imidazole rings is 1. The first-order chi connectivity index (χ1) is 11.8. The van der Waals surface area contributed by atoms with E-state index >= 15 is 0 Å². The zero-order valence-electron chi connectivity index (χ0n) is 13.4. The lowest BCUT2D eigenvalue weighted by molar-refractivity contribution is -0.116. The van der Waals surface area contributed by atoms with Crippen molar-refractivity contribution < 1.29 is 4.79 Å². The van der Waals surface area contributed by atoms with Gasteiger partial charge in [-0.3, -0.25) is 4.79 Å². The Morgan fingerprint density at radius 1 is 1.21 bits per heavy atom. The van der Waals surface area contributed by atoms with E-state index in [9.17, 15) is 4.79 Å². The number of hydrogen-bond donors (Lipinski definition) is 1. The van der Waals surface area contributed by atoms with Crippen LogP contribution in [0.4, 0.5) is 5.69 Å². The van der Waals surface area contributed by atoms with Gasteiger partial charge >= 0.3 is 0 Å². The van der Waals surface area contributed by atoms with Crippen LogP contribution in [0.1, 0.15) is 19.3 Å². The number of fused-ring (bicyclic) bond motifs is 1. The number of allylic oxidation sites excluding steroid dienone is 2. The minimum atomic E-state index is 0.0760. The molecule has 0 fully saturated rings. The molecule has 0 radical (unpaired) electrons. The van der Waals surface area contributed by atoms with Gasteiger partial charge in [0.1, 0.15) is 5.65 Å². The van der Waals surface area contributed by atoms with E-state index in [2.05, 4.69) is 22.5 Å². The van der Waals surface area contributed by atoms with Crippen molar-refractivity contribution in [3.05, 3.63) is 67.0 Å². The molecule has 2 aromatic heterocycles. The molecule has 1 aliphatic carbocycles. The van der Waals surface area contributed by atoms with Crippen LogP contribution in [-0.2, 0) is 4.79 Å². The molecule has 1 amide bonds. The third-order valence-corrected chi connectivity index (χ3v) is 4.39. The average Bonchev–Trinajstić information content (AvgIpc) is 3.24. The third-order valence-electron chi connectivity index (χ3n) is 4.39. The van der Waals surface area contributed by atoms with E-state index in [4.69, 9.17) is 0 Å². The number of nitrogens with zero attached hydrogens (tertiary/aromatic N) is 2. The van der Waals surface area contributed by atoms with Crippen LogP contribution < -0.4 is 5.32 Å². The molecule has 1 unspecified atom stereocenters. The number of nitrogens with one attached hydrogen (secondary N) is 1. The van der Waals surface area contributed by atoms with Crippen LogP contribution in [0.15, 0.2) is 67.0 Å². The second-order valence-electron chi connectivity index (χ2n) is 6.19. The number of aromatic nitrogens is 2. The monoisotopic (exact) mass is 317 g/mol. The van der Waals surface area contributed by atoms with E-state index < -0.39 is 0 Å². The van der Waals surface area contributed by atoms with E-state index in [0.717, 1.165) is 35.4 Å². The molecule has 4 rings (SSSR count). The highest BCUT2D eigenvalue weighted by Crippen LogP contribution is 2.23. The Kier molecular flexibility index (Phi) is 3.87. The highest BCUT2D eigenvalue weighted by molar-refractivity contribution is 5.91. The normalized spacial score (nSPS) is 16.6. The number of carbonyl (C=O) groups excluding carboxylic acids is 1. The van der Waals surface area contributed by atoms with Crippen molar-refractivity contribution in [3.8, 4) is 11.3 Å². The Hall–Kier alpha value is -2.88.